The second-order valence-electron chi connectivity index (χ2n) is 26.9. The summed E-state index contributed by atoms with van der Waals surface area (Å²) < 4.78 is 60.2. The lowest BCUT2D eigenvalue weighted by atomic mass is 9.83. The number of benzene rings is 9. The molecule has 0 bridgehead atoms. The quantitative estimate of drug-likeness (QED) is 0.122. The van der Waals surface area contributed by atoms with Gasteiger partial charge in [0.2, 0.25) is 0 Å². The van der Waals surface area contributed by atoms with Crippen molar-refractivity contribution >= 4 is 50.4 Å². The molecule has 1 saturated carbocycles. The predicted molar refractivity (Wildman–Crippen MR) is 367 cm³/mol. The molecular formula is C78H70F3N7O7. The largest absolute Gasteiger partial charge is 0.452 e. The maximum atomic E-state index is 15.0. The van der Waals surface area contributed by atoms with Crippen molar-refractivity contribution < 1.29 is 31.5 Å². The Balaban J connectivity index is 0.615. The molecule has 6 aromatic rings. The van der Waals surface area contributed by atoms with Gasteiger partial charge in [-0.25, -0.2) is 15.0 Å². The van der Waals surface area contributed by atoms with Crippen LogP contribution in [0.1, 0.15) is 84.2 Å². The molecule has 14 nitrogen and oxygen atoms in total. The van der Waals surface area contributed by atoms with E-state index < -0.39 is 23.9 Å². The Morgan fingerprint density at radius 2 is 0.958 bits per heavy atom. The summed E-state index contributed by atoms with van der Waals surface area (Å²) in [6, 6.07) is 46.7. The summed E-state index contributed by atoms with van der Waals surface area (Å²) in [5, 5.41) is 12.3. The molecule has 0 amide bonds. The first-order valence-corrected chi connectivity index (χ1v) is 33.0. The van der Waals surface area contributed by atoms with Crippen molar-refractivity contribution in [1.29, 1.82) is 0 Å². The monoisotopic (exact) mass is 1270 g/mol. The molecule has 1 spiro atoms. The van der Waals surface area contributed by atoms with Gasteiger partial charge in [-0.05, 0) is 179 Å². The Labute approximate surface area is 545 Å². The highest BCUT2D eigenvalue weighted by Gasteiger charge is 2.54. The topological polar surface area (TPSA) is 162 Å². The summed E-state index contributed by atoms with van der Waals surface area (Å²) in [5.41, 5.74) is 14.5. The van der Waals surface area contributed by atoms with E-state index in [1.54, 1.807) is 4.90 Å². The smallest absolute Gasteiger partial charge is 0.401 e. The molecule has 17 heteroatoms. The van der Waals surface area contributed by atoms with E-state index in [2.05, 4.69) is 26.8 Å². The van der Waals surface area contributed by atoms with Gasteiger partial charge in [-0.2, -0.15) is 13.2 Å². The first-order valence-electron chi connectivity index (χ1n) is 33.0. The molecule has 6 aliphatic heterocycles. The average molecular weight is 1270 g/mol. The third kappa shape index (κ3) is 10.7. The molecule has 0 atom stereocenters. The highest BCUT2D eigenvalue weighted by Crippen LogP contribution is 2.48. The molecule has 0 aromatic heterocycles. The van der Waals surface area contributed by atoms with E-state index in [4.69, 9.17) is 28.2 Å². The Bertz CT molecular complexity index is 5080. The standard InChI is InChI=1S/C78H70F3N7O7/c1-45-46(2)70(89)63(73-66(45)82-57-11-5-8-14-60(57)93-73)51-19-17-49(18-20-51)50-30-37-86(38-31-50)69-48(4)72(91)65(75-68(69)84-59-13-7-10-16-62(59)95-75)53-21-25-54(26-22-53)85-39-35-77(92,36-40-85)32-29-56-47(3)71(90)64(74-67(56)83-58-12-6-9-15-61(58)94-74)52-23-27-55(28-24-52)87-41-42-88(44-78(79,80)81)76(43-87)33-34-76/h5-28,50,92H,29-44H2,1-4H3. The number of halogens is 3. The summed E-state index contributed by atoms with van der Waals surface area (Å²) in [5.74, 6) is 1.55. The van der Waals surface area contributed by atoms with Crippen molar-refractivity contribution in [3.8, 4) is 67.7 Å². The van der Waals surface area contributed by atoms with Crippen molar-refractivity contribution in [3.63, 3.8) is 0 Å². The number of anilines is 3. The molecule has 0 unspecified atom stereocenters. The van der Waals surface area contributed by atoms with E-state index in [-0.39, 0.29) is 22.2 Å². The van der Waals surface area contributed by atoms with Crippen LogP contribution < -0.4 is 31.0 Å². The fourth-order valence-electron chi connectivity index (χ4n) is 15.5. The number of piperidine rings is 2. The molecule has 1 N–H and O–H groups in total. The SMILES string of the molecule is Cc1c2nc3ccccc3oc-2c(-c2ccc(C3CCN(c4c5nc6ccccc6oc-5c(-c5ccc(N6CCC(O)(CCc7c8nc9ccccc9oc-8c(-c8ccc(N9CCN(CC(F)(F)F)C%10(CC%10)C9)cc8)c(=O)c7C)CC6)cc5)c(=O)c4C)CC3)cc2)c(=O)c1C. The van der Waals surface area contributed by atoms with Crippen molar-refractivity contribution in [2.45, 2.75) is 102 Å². The summed E-state index contributed by atoms with van der Waals surface area (Å²) in [6.45, 7) is 10.4. The molecule has 16 rings (SSSR count). The van der Waals surface area contributed by atoms with Gasteiger partial charge in [0.25, 0.3) is 0 Å². The van der Waals surface area contributed by atoms with Crippen LogP contribution in [0.15, 0.2) is 173 Å². The molecule has 4 fully saturated rings. The van der Waals surface area contributed by atoms with Gasteiger partial charge in [0.1, 0.15) is 33.6 Å². The first kappa shape index (κ1) is 60.2. The predicted octanol–water partition coefficient (Wildman–Crippen LogP) is 15.3. The van der Waals surface area contributed by atoms with E-state index in [1.165, 1.54) is 5.56 Å². The number of piperazine rings is 1. The lowest BCUT2D eigenvalue weighted by molar-refractivity contribution is -0.153. The first-order chi connectivity index (χ1) is 45.9. The zero-order valence-electron chi connectivity index (χ0n) is 53.4. The van der Waals surface area contributed by atoms with Crippen LogP contribution in [0.4, 0.5) is 30.2 Å². The van der Waals surface area contributed by atoms with Crippen molar-refractivity contribution in [3.05, 3.63) is 210 Å². The molecule has 10 aliphatic rings. The minimum atomic E-state index is -4.25. The highest BCUT2D eigenvalue weighted by molar-refractivity contribution is 5.93. The van der Waals surface area contributed by atoms with Crippen molar-refractivity contribution in [2.75, 3.05) is 67.1 Å². The number of aromatic nitrogens is 3. The number of alkyl halides is 3. The molecule has 3 saturated heterocycles. The number of hydrogen-bond acceptors (Lipinski definition) is 14. The van der Waals surface area contributed by atoms with Gasteiger partial charge in [-0.15, -0.1) is 0 Å². The number of fused-ring (bicyclic) bond motifs is 6. The summed E-state index contributed by atoms with van der Waals surface area (Å²) in [4.78, 5) is 67.2. The second kappa shape index (κ2) is 23.0. The Hall–Kier alpha value is -9.71. The number of rotatable bonds is 11. The van der Waals surface area contributed by atoms with Gasteiger partial charge in [0, 0.05) is 79.4 Å². The van der Waals surface area contributed by atoms with Crippen molar-refractivity contribution in [1.82, 2.24) is 19.9 Å². The summed E-state index contributed by atoms with van der Waals surface area (Å²) in [6.07, 6.45) is 0.650. The van der Waals surface area contributed by atoms with Crippen LogP contribution in [0.5, 0.6) is 0 Å². The van der Waals surface area contributed by atoms with E-state index in [9.17, 15) is 32.7 Å². The van der Waals surface area contributed by atoms with Crippen LogP contribution >= 0.6 is 0 Å². The van der Waals surface area contributed by atoms with Crippen LogP contribution in [0.3, 0.4) is 0 Å². The molecule has 95 heavy (non-hydrogen) atoms. The molecular weight excluding hydrogens is 1200 g/mol. The average Bonchev–Trinajstić information content (AvgIpc) is 1.59. The fraction of sp³-hybridized carbons (Fsp3) is 0.308. The van der Waals surface area contributed by atoms with Crippen LogP contribution in [0.25, 0.3) is 101 Å². The summed E-state index contributed by atoms with van der Waals surface area (Å²) in [7, 11) is 0. The number of hydrogen-bond donors (Lipinski definition) is 1. The van der Waals surface area contributed by atoms with Gasteiger partial charge in [0.15, 0.2) is 50.3 Å². The zero-order chi connectivity index (χ0) is 65.2. The van der Waals surface area contributed by atoms with E-state index in [1.807, 2.05) is 161 Å². The van der Waals surface area contributed by atoms with E-state index in [0.717, 1.165) is 65.0 Å². The van der Waals surface area contributed by atoms with Gasteiger partial charge >= 0.3 is 6.18 Å². The summed E-state index contributed by atoms with van der Waals surface area (Å²) >= 11 is 0. The zero-order valence-corrected chi connectivity index (χ0v) is 53.4. The maximum absolute atomic E-state index is 15.0. The van der Waals surface area contributed by atoms with Gasteiger partial charge in [-0.1, -0.05) is 84.9 Å². The Morgan fingerprint density at radius 1 is 0.495 bits per heavy atom. The number of para-hydroxylation sites is 6. The van der Waals surface area contributed by atoms with Gasteiger partial charge in [0.05, 0.1) is 34.5 Å². The minimum absolute atomic E-state index is 0.0647. The number of aliphatic hydroxyl groups is 1. The molecule has 4 aliphatic carbocycles. The molecule has 6 aromatic carbocycles. The Morgan fingerprint density at radius 3 is 1.49 bits per heavy atom. The van der Waals surface area contributed by atoms with Crippen LogP contribution in [-0.4, -0.2) is 94.6 Å². The molecule has 480 valence electrons. The normalized spacial score (nSPS) is 17.0. The van der Waals surface area contributed by atoms with E-state index in [0.29, 0.717) is 178 Å². The Kier molecular flexibility index (Phi) is 14.6. The van der Waals surface area contributed by atoms with E-state index >= 15 is 0 Å². The van der Waals surface area contributed by atoms with Crippen LogP contribution in [-0.2, 0) is 6.42 Å². The van der Waals surface area contributed by atoms with Crippen LogP contribution in [0, 0.1) is 27.7 Å². The third-order valence-corrected chi connectivity index (χ3v) is 21.2. The second-order valence-corrected chi connectivity index (χ2v) is 26.9. The van der Waals surface area contributed by atoms with Gasteiger partial charge in [-0.3, -0.25) is 19.3 Å². The number of nitrogens with zero attached hydrogens (tertiary/aromatic N) is 7. The molecule has 0 radical (unpaired) electrons. The fourth-order valence-corrected chi connectivity index (χ4v) is 15.5. The highest BCUT2D eigenvalue weighted by atomic mass is 19.4. The lowest BCUT2D eigenvalue weighted by Gasteiger charge is -2.43. The minimum Gasteiger partial charge on any atom is -0.452 e. The third-order valence-electron chi connectivity index (χ3n) is 21.2. The lowest BCUT2D eigenvalue weighted by Crippen LogP contribution is -2.57. The van der Waals surface area contributed by atoms with Gasteiger partial charge < -0.3 is 33.1 Å². The molecule has 6 heterocycles. The maximum Gasteiger partial charge on any atom is 0.401 e. The van der Waals surface area contributed by atoms with Crippen LogP contribution in [0.2, 0.25) is 0 Å². The van der Waals surface area contributed by atoms with Crippen molar-refractivity contribution in [2.24, 2.45) is 0 Å².